The van der Waals surface area contributed by atoms with Gasteiger partial charge in [-0.1, -0.05) is 25.7 Å². The molecular weight excluding hydrogens is 192 g/mol. The van der Waals surface area contributed by atoms with Gasteiger partial charge in [0, 0.05) is 19.0 Å². The van der Waals surface area contributed by atoms with Gasteiger partial charge in [-0.15, -0.1) is 0 Å². The molecule has 0 aromatic rings. The summed E-state index contributed by atoms with van der Waals surface area (Å²) in [5.74, 6) is -0.134. The van der Waals surface area contributed by atoms with Gasteiger partial charge in [-0.2, -0.15) is 0 Å². The lowest BCUT2D eigenvalue weighted by Crippen LogP contribution is -2.53. The van der Waals surface area contributed by atoms with E-state index in [1.165, 1.54) is 25.7 Å². The Hall–Kier alpha value is -1.06. The van der Waals surface area contributed by atoms with Crippen molar-refractivity contribution >= 4 is 11.9 Å². The van der Waals surface area contributed by atoms with E-state index in [1.54, 1.807) is 0 Å². The fourth-order valence-corrected chi connectivity index (χ4v) is 2.49. The topological polar surface area (TPSA) is 49.4 Å². The summed E-state index contributed by atoms with van der Waals surface area (Å²) in [6.45, 7) is 0.606. The molecule has 3 amide bonds. The van der Waals surface area contributed by atoms with Gasteiger partial charge in [0.1, 0.15) is 0 Å². The molecule has 1 heterocycles. The van der Waals surface area contributed by atoms with Crippen molar-refractivity contribution in [2.24, 2.45) is 0 Å². The number of carbonyl (C=O) groups excluding carboxylic acids is 2. The van der Waals surface area contributed by atoms with Crippen LogP contribution in [-0.2, 0) is 4.79 Å². The number of hydrogen-bond acceptors (Lipinski definition) is 2. The number of nitrogens with one attached hydrogen (secondary N) is 1. The second-order valence-electron chi connectivity index (χ2n) is 4.44. The lowest BCUT2D eigenvalue weighted by molar-refractivity contribution is -0.121. The molecule has 15 heavy (non-hydrogen) atoms. The van der Waals surface area contributed by atoms with Crippen molar-refractivity contribution in [3.8, 4) is 0 Å². The Kier molecular flexibility index (Phi) is 3.23. The second kappa shape index (κ2) is 4.64. The molecule has 84 valence electrons. The molecule has 1 aliphatic heterocycles. The molecular formula is C11H18N2O2. The predicted octanol–water partition coefficient (Wildman–Crippen LogP) is 1.65. The Morgan fingerprint density at radius 2 is 1.73 bits per heavy atom. The zero-order chi connectivity index (χ0) is 10.7. The molecule has 4 heteroatoms. The van der Waals surface area contributed by atoms with E-state index in [0.29, 0.717) is 19.0 Å². The summed E-state index contributed by atoms with van der Waals surface area (Å²) < 4.78 is 0. The number of amides is 3. The zero-order valence-corrected chi connectivity index (χ0v) is 9.00. The maximum Gasteiger partial charge on any atom is 0.324 e. The minimum atomic E-state index is -0.182. The molecule has 2 fully saturated rings. The van der Waals surface area contributed by atoms with Crippen molar-refractivity contribution in [1.82, 2.24) is 10.2 Å². The van der Waals surface area contributed by atoms with Gasteiger partial charge >= 0.3 is 6.03 Å². The number of urea groups is 1. The third-order valence-electron chi connectivity index (χ3n) is 3.35. The summed E-state index contributed by atoms with van der Waals surface area (Å²) in [4.78, 5) is 24.5. The van der Waals surface area contributed by atoms with Gasteiger partial charge in [0.15, 0.2) is 0 Å². The third kappa shape index (κ3) is 2.49. The van der Waals surface area contributed by atoms with E-state index in [-0.39, 0.29) is 11.9 Å². The van der Waals surface area contributed by atoms with Gasteiger partial charge in [0.25, 0.3) is 0 Å². The molecule has 0 bridgehead atoms. The summed E-state index contributed by atoms with van der Waals surface area (Å²) in [6.07, 6.45) is 7.64. The van der Waals surface area contributed by atoms with Crippen LogP contribution >= 0.6 is 0 Å². The fourth-order valence-electron chi connectivity index (χ4n) is 2.49. The Morgan fingerprint density at radius 3 is 2.33 bits per heavy atom. The highest BCUT2D eigenvalue weighted by molar-refractivity contribution is 5.96. The van der Waals surface area contributed by atoms with Crippen LogP contribution in [0, 0.1) is 0 Å². The number of imide groups is 1. The van der Waals surface area contributed by atoms with E-state index in [0.717, 1.165) is 12.8 Å². The lowest BCUT2D eigenvalue weighted by atomic mass is 10.1. The summed E-state index contributed by atoms with van der Waals surface area (Å²) in [7, 11) is 0. The van der Waals surface area contributed by atoms with Crippen molar-refractivity contribution in [2.75, 3.05) is 6.54 Å². The summed E-state index contributed by atoms with van der Waals surface area (Å²) in [5.41, 5.74) is 0. The standard InChI is InChI=1S/C11H18N2O2/c14-10-7-8-13(11(15)12-10)9-5-3-1-2-4-6-9/h9H,1-8H2,(H,12,14,15). The van der Waals surface area contributed by atoms with Crippen LogP contribution in [0.4, 0.5) is 4.79 Å². The van der Waals surface area contributed by atoms with Crippen molar-refractivity contribution in [2.45, 2.75) is 51.0 Å². The van der Waals surface area contributed by atoms with E-state index in [2.05, 4.69) is 5.32 Å². The molecule has 1 saturated carbocycles. The number of nitrogens with zero attached hydrogens (tertiary/aromatic N) is 1. The maximum absolute atomic E-state index is 11.6. The van der Waals surface area contributed by atoms with E-state index in [4.69, 9.17) is 0 Å². The van der Waals surface area contributed by atoms with Crippen molar-refractivity contribution < 1.29 is 9.59 Å². The minimum Gasteiger partial charge on any atom is -0.321 e. The van der Waals surface area contributed by atoms with Gasteiger partial charge in [-0.25, -0.2) is 4.79 Å². The van der Waals surface area contributed by atoms with E-state index < -0.39 is 0 Å². The van der Waals surface area contributed by atoms with Gasteiger partial charge in [-0.3, -0.25) is 10.1 Å². The molecule has 1 N–H and O–H groups in total. The van der Waals surface area contributed by atoms with Crippen molar-refractivity contribution in [3.63, 3.8) is 0 Å². The highest BCUT2D eigenvalue weighted by Crippen LogP contribution is 2.23. The fraction of sp³-hybridized carbons (Fsp3) is 0.818. The van der Waals surface area contributed by atoms with Crippen LogP contribution in [0.5, 0.6) is 0 Å². The molecule has 0 aromatic heterocycles. The molecule has 0 unspecified atom stereocenters. The van der Waals surface area contributed by atoms with Gasteiger partial charge < -0.3 is 4.90 Å². The van der Waals surface area contributed by atoms with Crippen LogP contribution < -0.4 is 5.32 Å². The van der Waals surface area contributed by atoms with Crippen LogP contribution in [0.15, 0.2) is 0 Å². The minimum absolute atomic E-state index is 0.134. The normalized spacial score (nSPS) is 24.9. The van der Waals surface area contributed by atoms with E-state index in [9.17, 15) is 9.59 Å². The molecule has 0 atom stereocenters. The molecule has 0 aromatic carbocycles. The van der Waals surface area contributed by atoms with Crippen LogP contribution in [0.1, 0.15) is 44.9 Å². The molecule has 1 saturated heterocycles. The van der Waals surface area contributed by atoms with Gasteiger partial charge in [-0.05, 0) is 12.8 Å². The van der Waals surface area contributed by atoms with E-state index >= 15 is 0 Å². The largest absolute Gasteiger partial charge is 0.324 e. The average molecular weight is 210 g/mol. The van der Waals surface area contributed by atoms with E-state index in [1.807, 2.05) is 4.90 Å². The molecule has 4 nitrogen and oxygen atoms in total. The third-order valence-corrected chi connectivity index (χ3v) is 3.35. The quantitative estimate of drug-likeness (QED) is 0.669. The van der Waals surface area contributed by atoms with Gasteiger partial charge in [0.2, 0.25) is 5.91 Å². The second-order valence-corrected chi connectivity index (χ2v) is 4.44. The first-order valence-corrected chi connectivity index (χ1v) is 5.88. The smallest absolute Gasteiger partial charge is 0.321 e. The van der Waals surface area contributed by atoms with Crippen LogP contribution in [0.25, 0.3) is 0 Å². The van der Waals surface area contributed by atoms with Crippen molar-refractivity contribution in [1.29, 1.82) is 0 Å². The van der Waals surface area contributed by atoms with Crippen LogP contribution in [0.3, 0.4) is 0 Å². The highest BCUT2D eigenvalue weighted by Gasteiger charge is 2.29. The zero-order valence-electron chi connectivity index (χ0n) is 9.00. The first-order valence-electron chi connectivity index (χ1n) is 5.88. The first kappa shape index (κ1) is 10.5. The predicted molar refractivity (Wildman–Crippen MR) is 56.4 cm³/mol. The Bertz CT molecular complexity index is 257. The molecule has 2 rings (SSSR count). The molecule has 1 aliphatic carbocycles. The SMILES string of the molecule is O=C1CCN(C2CCCCCC2)C(=O)N1. The Morgan fingerprint density at radius 1 is 1.07 bits per heavy atom. The molecule has 0 spiro atoms. The first-order chi connectivity index (χ1) is 7.27. The molecule has 0 radical (unpaired) electrons. The van der Waals surface area contributed by atoms with Gasteiger partial charge in [0.05, 0.1) is 0 Å². The maximum atomic E-state index is 11.6. The highest BCUT2D eigenvalue weighted by atomic mass is 16.2. The number of hydrogen-bond donors (Lipinski definition) is 1. The number of rotatable bonds is 1. The lowest BCUT2D eigenvalue weighted by Gasteiger charge is -2.33. The monoisotopic (exact) mass is 210 g/mol. The summed E-state index contributed by atoms with van der Waals surface area (Å²) >= 11 is 0. The van der Waals surface area contributed by atoms with Crippen molar-refractivity contribution in [3.05, 3.63) is 0 Å². The Balaban J connectivity index is 1.96. The Labute approximate surface area is 90.0 Å². The summed E-state index contributed by atoms with van der Waals surface area (Å²) in [5, 5.41) is 2.40. The molecule has 2 aliphatic rings. The number of carbonyl (C=O) groups is 2. The van der Waals surface area contributed by atoms with Crippen LogP contribution in [-0.4, -0.2) is 29.4 Å². The average Bonchev–Trinajstić information content (AvgIpc) is 2.46. The van der Waals surface area contributed by atoms with Crippen LogP contribution in [0.2, 0.25) is 0 Å². The summed E-state index contributed by atoms with van der Waals surface area (Å²) in [6, 6.07) is 0.179.